The third kappa shape index (κ3) is 4.54. The van der Waals surface area contributed by atoms with Crippen LogP contribution in [0.3, 0.4) is 0 Å². The van der Waals surface area contributed by atoms with Crippen molar-refractivity contribution in [2.75, 3.05) is 19.6 Å². The molecule has 0 saturated carbocycles. The SMILES string of the molecule is NC(=O)CN1CCC(NCc2ccc(Br)c(F)c2)CC1. The zero-order valence-electron chi connectivity index (χ0n) is 11.2. The second-order valence-electron chi connectivity index (χ2n) is 5.15. The Kier molecular flexibility index (Phi) is 5.51. The van der Waals surface area contributed by atoms with Gasteiger partial charge in [-0.05, 0) is 46.5 Å². The van der Waals surface area contributed by atoms with E-state index in [0.29, 0.717) is 23.6 Å². The van der Waals surface area contributed by atoms with Crippen LogP contribution in [0, 0.1) is 5.82 Å². The fraction of sp³-hybridized carbons (Fsp3) is 0.500. The highest BCUT2D eigenvalue weighted by molar-refractivity contribution is 9.10. The molecule has 0 spiro atoms. The number of nitrogens with two attached hydrogens (primary N) is 1. The largest absolute Gasteiger partial charge is 0.369 e. The van der Waals surface area contributed by atoms with Crippen molar-refractivity contribution in [2.24, 2.45) is 5.73 Å². The molecule has 6 heteroatoms. The van der Waals surface area contributed by atoms with Crippen molar-refractivity contribution in [3.63, 3.8) is 0 Å². The molecule has 3 N–H and O–H groups in total. The van der Waals surface area contributed by atoms with Gasteiger partial charge >= 0.3 is 0 Å². The summed E-state index contributed by atoms with van der Waals surface area (Å²) in [5.74, 6) is -0.512. The lowest BCUT2D eigenvalue weighted by atomic mass is 10.0. The molecule has 1 fully saturated rings. The zero-order valence-corrected chi connectivity index (χ0v) is 12.8. The van der Waals surface area contributed by atoms with E-state index in [4.69, 9.17) is 5.73 Å². The van der Waals surface area contributed by atoms with Crippen molar-refractivity contribution in [1.82, 2.24) is 10.2 Å². The molecule has 0 radical (unpaired) electrons. The van der Waals surface area contributed by atoms with Crippen LogP contribution < -0.4 is 11.1 Å². The Hall–Kier alpha value is -0.980. The average molecular weight is 344 g/mol. The lowest BCUT2D eigenvalue weighted by Gasteiger charge is -2.31. The van der Waals surface area contributed by atoms with E-state index in [1.165, 1.54) is 0 Å². The fourth-order valence-electron chi connectivity index (χ4n) is 2.43. The van der Waals surface area contributed by atoms with Gasteiger partial charge in [0.05, 0.1) is 11.0 Å². The van der Waals surface area contributed by atoms with Gasteiger partial charge in [-0.3, -0.25) is 9.69 Å². The Morgan fingerprint density at radius 2 is 2.15 bits per heavy atom. The van der Waals surface area contributed by atoms with Gasteiger partial charge < -0.3 is 11.1 Å². The van der Waals surface area contributed by atoms with Crippen LogP contribution in [0.4, 0.5) is 4.39 Å². The summed E-state index contributed by atoms with van der Waals surface area (Å²) in [6.45, 7) is 2.74. The predicted molar refractivity (Wildman–Crippen MR) is 79.6 cm³/mol. The van der Waals surface area contributed by atoms with Crippen molar-refractivity contribution in [2.45, 2.75) is 25.4 Å². The number of halogens is 2. The molecule has 1 aromatic carbocycles. The van der Waals surface area contributed by atoms with Gasteiger partial charge in [-0.15, -0.1) is 0 Å². The first kappa shape index (κ1) is 15.4. The summed E-state index contributed by atoms with van der Waals surface area (Å²) in [7, 11) is 0. The number of hydrogen-bond acceptors (Lipinski definition) is 3. The van der Waals surface area contributed by atoms with Crippen LogP contribution in [0.5, 0.6) is 0 Å². The van der Waals surface area contributed by atoms with Crippen molar-refractivity contribution < 1.29 is 9.18 Å². The molecule has 4 nitrogen and oxygen atoms in total. The maximum absolute atomic E-state index is 13.4. The fourth-order valence-corrected chi connectivity index (χ4v) is 2.67. The number of carbonyl (C=O) groups is 1. The third-order valence-corrected chi connectivity index (χ3v) is 4.19. The van der Waals surface area contributed by atoms with Gasteiger partial charge in [-0.1, -0.05) is 6.07 Å². The number of likely N-dealkylation sites (tertiary alicyclic amines) is 1. The van der Waals surface area contributed by atoms with E-state index >= 15 is 0 Å². The van der Waals surface area contributed by atoms with Crippen LogP contribution in [0.1, 0.15) is 18.4 Å². The Morgan fingerprint density at radius 1 is 1.45 bits per heavy atom. The Bertz CT molecular complexity index is 475. The number of amides is 1. The molecule has 1 heterocycles. The molecule has 0 atom stereocenters. The molecule has 0 aliphatic carbocycles. The number of nitrogens with one attached hydrogen (secondary N) is 1. The minimum Gasteiger partial charge on any atom is -0.369 e. The molecule has 1 aliphatic rings. The number of piperidine rings is 1. The first-order valence-electron chi connectivity index (χ1n) is 6.72. The van der Waals surface area contributed by atoms with Crippen LogP contribution in [0.25, 0.3) is 0 Å². The summed E-state index contributed by atoms with van der Waals surface area (Å²) >= 11 is 3.14. The quantitative estimate of drug-likeness (QED) is 0.854. The van der Waals surface area contributed by atoms with Gasteiger partial charge in [0.25, 0.3) is 0 Å². The highest BCUT2D eigenvalue weighted by Gasteiger charge is 2.19. The monoisotopic (exact) mass is 343 g/mol. The summed E-state index contributed by atoms with van der Waals surface area (Å²) in [5.41, 5.74) is 6.12. The number of primary amides is 1. The highest BCUT2D eigenvalue weighted by atomic mass is 79.9. The van der Waals surface area contributed by atoms with E-state index in [1.54, 1.807) is 12.1 Å². The van der Waals surface area contributed by atoms with E-state index in [0.717, 1.165) is 31.5 Å². The van der Waals surface area contributed by atoms with Gasteiger partial charge in [0.15, 0.2) is 0 Å². The lowest BCUT2D eigenvalue weighted by molar-refractivity contribution is -0.119. The van der Waals surface area contributed by atoms with Gasteiger partial charge in [0.1, 0.15) is 5.82 Å². The molecule has 1 aromatic rings. The van der Waals surface area contributed by atoms with Crippen molar-refractivity contribution in [3.8, 4) is 0 Å². The van der Waals surface area contributed by atoms with Crippen LogP contribution >= 0.6 is 15.9 Å². The molecule has 0 aromatic heterocycles. The topological polar surface area (TPSA) is 58.4 Å². The summed E-state index contributed by atoms with van der Waals surface area (Å²) in [6, 6.07) is 5.58. The molecule has 110 valence electrons. The minimum atomic E-state index is -0.276. The summed E-state index contributed by atoms with van der Waals surface area (Å²) in [4.78, 5) is 12.9. The van der Waals surface area contributed by atoms with E-state index < -0.39 is 0 Å². The molecule has 1 aliphatic heterocycles. The third-order valence-electron chi connectivity index (χ3n) is 3.55. The highest BCUT2D eigenvalue weighted by Crippen LogP contribution is 2.17. The van der Waals surface area contributed by atoms with Gasteiger partial charge in [-0.2, -0.15) is 0 Å². The predicted octanol–water partition coefficient (Wildman–Crippen LogP) is 1.63. The number of hydrogen-bond donors (Lipinski definition) is 2. The van der Waals surface area contributed by atoms with Crippen molar-refractivity contribution >= 4 is 21.8 Å². The maximum atomic E-state index is 13.4. The van der Waals surface area contributed by atoms with Crippen LogP contribution in [0.15, 0.2) is 22.7 Å². The first-order chi connectivity index (χ1) is 9.54. The number of rotatable bonds is 5. The summed E-state index contributed by atoms with van der Waals surface area (Å²) in [5, 5.41) is 3.43. The van der Waals surface area contributed by atoms with E-state index in [1.807, 2.05) is 6.07 Å². The van der Waals surface area contributed by atoms with Crippen LogP contribution in [-0.2, 0) is 11.3 Å². The second-order valence-corrected chi connectivity index (χ2v) is 6.00. The number of benzene rings is 1. The molecule has 1 amide bonds. The van der Waals surface area contributed by atoms with Crippen molar-refractivity contribution in [1.29, 1.82) is 0 Å². The molecule has 1 saturated heterocycles. The summed E-state index contributed by atoms with van der Waals surface area (Å²) < 4.78 is 13.9. The summed E-state index contributed by atoms with van der Waals surface area (Å²) in [6.07, 6.45) is 1.96. The minimum absolute atomic E-state index is 0.236. The van der Waals surface area contributed by atoms with Gasteiger partial charge in [0.2, 0.25) is 5.91 Å². The number of carbonyl (C=O) groups excluding carboxylic acids is 1. The van der Waals surface area contributed by atoms with Crippen LogP contribution in [-0.4, -0.2) is 36.5 Å². The molecule has 0 unspecified atom stereocenters. The molecular weight excluding hydrogens is 325 g/mol. The normalized spacial score (nSPS) is 17.3. The van der Waals surface area contributed by atoms with E-state index in [2.05, 4.69) is 26.1 Å². The smallest absolute Gasteiger partial charge is 0.231 e. The number of nitrogens with zero attached hydrogens (tertiary/aromatic N) is 1. The standard InChI is InChI=1S/C14H19BrFN3O/c15-12-2-1-10(7-13(12)16)8-18-11-3-5-19(6-4-11)9-14(17)20/h1-2,7,11,18H,3-6,8-9H2,(H2,17,20). The Balaban J connectivity index is 1.75. The molecular formula is C14H19BrFN3O. The van der Waals surface area contributed by atoms with E-state index in [-0.39, 0.29) is 11.7 Å². The molecule has 2 rings (SSSR count). The molecule has 20 heavy (non-hydrogen) atoms. The molecule has 0 bridgehead atoms. The lowest BCUT2D eigenvalue weighted by Crippen LogP contribution is -2.45. The maximum Gasteiger partial charge on any atom is 0.231 e. The van der Waals surface area contributed by atoms with Gasteiger partial charge in [0, 0.05) is 25.7 Å². The Morgan fingerprint density at radius 3 is 2.75 bits per heavy atom. The second kappa shape index (κ2) is 7.15. The van der Waals surface area contributed by atoms with Crippen LogP contribution in [0.2, 0.25) is 0 Å². The first-order valence-corrected chi connectivity index (χ1v) is 7.52. The Labute approximate surface area is 126 Å². The van der Waals surface area contributed by atoms with E-state index in [9.17, 15) is 9.18 Å². The zero-order chi connectivity index (χ0) is 14.5. The average Bonchev–Trinajstić information content (AvgIpc) is 2.41. The van der Waals surface area contributed by atoms with Crippen molar-refractivity contribution in [3.05, 3.63) is 34.1 Å². The van der Waals surface area contributed by atoms with Gasteiger partial charge in [-0.25, -0.2) is 4.39 Å².